The zero-order chi connectivity index (χ0) is 21.4. The van der Waals surface area contributed by atoms with Gasteiger partial charge in [-0.15, -0.1) is 0 Å². The van der Waals surface area contributed by atoms with E-state index in [1.165, 1.54) is 18.2 Å². The molecule has 9 nitrogen and oxygen atoms in total. The number of nitrogens with one attached hydrogen (secondary N) is 2. The van der Waals surface area contributed by atoms with E-state index < -0.39 is 35.6 Å². The summed E-state index contributed by atoms with van der Waals surface area (Å²) in [6.07, 6.45) is 0.820. The summed E-state index contributed by atoms with van der Waals surface area (Å²) in [4.78, 5) is 66.6. The molecule has 1 unspecified atom stereocenters. The van der Waals surface area contributed by atoms with Crippen molar-refractivity contribution in [3.05, 3.63) is 58.9 Å². The summed E-state index contributed by atoms with van der Waals surface area (Å²) in [6.45, 7) is 1.93. The monoisotopic (exact) mass is 406 g/mol. The van der Waals surface area contributed by atoms with Gasteiger partial charge < -0.3 is 5.32 Å². The molecule has 3 heterocycles. The van der Waals surface area contributed by atoms with Crippen molar-refractivity contribution in [2.75, 3.05) is 5.32 Å². The molecule has 0 spiro atoms. The molecule has 2 N–H and O–H groups in total. The topological polar surface area (TPSA) is 126 Å². The second-order valence-electron chi connectivity index (χ2n) is 7.03. The molecule has 1 saturated heterocycles. The molecule has 9 heteroatoms. The second kappa shape index (κ2) is 7.51. The lowest BCUT2D eigenvalue weighted by molar-refractivity contribution is -0.136. The first-order chi connectivity index (χ1) is 14.4. The molecular formula is C21H18N4O5. The number of imide groups is 2. The number of carbonyl (C=O) groups is 5. The van der Waals surface area contributed by atoms with E-state index in [0.29, 0.717) is 12.1 Å². The zero-order valence-electron chi connectivity index (χ0n) is 16.1. The highest BCUT2D eigenvalue weighted by atomic mass is 16.2. The molecule has 0 bridgehead atoms. The maximum Gasteiger partial charge on any atom is 0.274 e. The first-order valence-electron chi connectivity index (χ1n) is 9.52. The Hall–Kier alpha value is -3.88. The summed E-state index contributed by atoms with van der Waals surface area (Å²) >= 11 is 0. The summed E-state index contributed by atoms with van der Waals surface area (Å²) in [6, 6.07) is 8.47. The van der Waals surface area contributed by atoms with E-state index in [1.807, 2.05) is 13.0 Å². The number of piperidine rings is 1. The molecule has 152 valence electrons. The Bertz CT molecular complexity index is 1110. The van der Waals surface area contributed by atoms with Crippen LogP contribution in [-0.4, -0.2) is 45.5 Å². The largest absolute Gasteiger partial charge is 0.321 e. The predicted octanol–water partition coefficient (Wildman–Crippen LogP) is 1.30. The molecule has 2 aliphatic rings. The molecule has 1 fully saturated rings. The maximum atomic E-state index is 12.8. The zero-order valence-corrected chi connectivity index (χ0v) is 16.1. The number of aryl methyl sites for hydroxylation is 1. The number of pyridine rings is 1. The van der Waals surface area contributed by atoms with Gasteiger partial charge in [0.2, 0.25) is 11.8 Å². The van der Waals surface area contributed by atoms with Crippen molar-refractivity contribution in [2.24, 2.45) is 0 Å². The molecule has 0 saturated carbocycles. The SMILES string of the molecule is CCc1cccc(C(=O)Nc2ccc3c(c2)C(=O)N(C2CCC(=O)NC2=O)C3=O)n1. The maximum absolute atomic E-state index is 12.8. The molecule has 1 atom stereocenters. The minimum Gasteiger partial charge on any atom is -0.321 e. The van der Waals surface area contributed by atoms with Gasteiger partial charge >= 0.3 is 0 Å². The van der Waals surface area contributed by atoms with Crippen LogP contribution in [-0.2, 0) is 16.0 Å². The molecule has 0 radical (unpaired) electrons. The van der Waals surface area contributed by atoms with E-state index in [-0.39, 0.29) is 29.7 Å². The smallest absolute Gasteiger partial charge is 0.274 e. The highest BCUT2D eigenvalue weighted by Crippen LogP contribution is 2.29. The molecule has 2 aromatic rings. The number of anilines is 1. The van der Waals surface area contributed by atoms with Gasteiger partial charge in [-0.05, 0) is 43.2 Å². The van der Waals surface area contributed by atoms with E-state index in [9.17, 15) is 24.0 Å². The van der Waals surface area contributed by atoms with Gasteiger partial charge in [0, 0.05) is 17.8 Å². The van der Waals surface area contributed by atoms with Crippen LogP contribution >= 0.6 is 0 Å². The summed E-state index contributed by atoms with van der Waals surface area (Å²) in [5.41, 5.74) is 1.58. The van der Waals surface area contributed by atoms with Gasteiger partial charge in [0.25, 0.3) is 17.7 Å². The fourth-order valence-corrected chi connectivity index (χ4v) is 3.55. The van der Waals surface area contributed by atoms with Gasteiger partial charge in [0.05, 0.1) is 11.1 Å². The van der Waals surface area contributed by atoms with Gasteiger partial charge in [-0.1, -0.05) is 13.0 Å². The number of hydrogen-bond donors (Lipinski definition) is 2. The van der Waals surface area contributed by atoms with Gasteiger partial charge in [0.15, 0.2) is 0 Å². The average Bonchev–Trinajstić information content (AvgIpc) is 2.98. The third kappa shape index (κ3) is 3.34. The standard InChI is InChI=1S/C21H18N4O5/c1-2-11-4-3-5-15(22-11)18(27)23-12-6-7-13-14(10-12)21(30)25(20(13)29)16-8-9-17(26)24-19(16)28/h3-7,10,16H,2,8-9H2,1H3,(H,23,27)(H,24,26,28). The summed E-state index contributed by atoms with van der Waals surface area (Å²) in [5.74, 6) is -2.77. The molecule has 4 rings (SSSR count). The number of nitrogens with zero attached hydrogens (tertiary/aromatic N) is 2. The quantitative estimate of drug-likeness (QED) is 0.737. The first kappa shape index (κ1) is 19.4. The van der Waals surface area contributed by atoms with Gasteiger partial charge in [-0.25, -0.2) is 4.98 Å². The number of benzene rings is 1. The Labute approximate surface area is 171 Å². The lowest BCUT2D eigenvalue weighted by atomic mass is 10.0. The lowest BCUT2D eigenvalue weighted by Gasteiger charge is -2.27. The molecule has 5 amide bonds. The molecule has 2 aliphatic heterocycles. The summed E-state index contributed by atoms with van der Waals surface area (Å²) in [5, 5.41) is 4.83. The minimum absolute atomic E-state index is 0.0505. The van der Waals surface area contributed by atoms with Crippen molar-refractivity contribution in [1.29, 1.82) is 0 Å². The van der Waals surface area contributed by atoms with Crippen molar-refractivity contribution in [3.8, 4) is 0 Å². The predicted molar refractivity (Wildman–Crippen MR) is 105 cm³/mol. The molecule has 30 heavy (non-hydrogen) atoms. The Morgan fingerprint density at radius 2 is 1.90 bits per heavy atom. The fourth-order valence-electron chi connectivity index (χ4n) is 3.55. The van der Waals surface area contributed by atoms with Crippen molar-refractivity contribution < 1.29 is 24.0 Å². The van der Waals surface area contributed by atoms with E-state index in [4.69, 9.17) is 0 Å². The Kier molecular flexibility index (Phi) is 4.86. The molecular weight excluding hydrogens is 388 g/mol. The third-order valence-electron chi connectivity index (χ3n) is 5.10. The van der Waals surface area contributed by atoms with Crippen molar-refractivity contribution in [3.63, 3.8) is 0 Å². The van der Waals surface area contributed by atoms with Gasteiger partial charge in [0.1, 0.15) is 11.7 Å². The van der Waals surface area contributed by atoms with E-state index in [2.05, 4.69) is 15.6 Å². The van der Waals surface area contributed by atoms with Crippen LogP contribution in [0.2, 0.25) is 0 Å². The number of rotatable bonds is 4. The number of carbonyl (C=O) groups excluding carboxylic acids is 5. The van der Waals surface area contributed by atoms with Crippen LogP contribution in [0.3, 0.4) is 0 Å². The highest BCUT2D eigenvalue weighted by Gasteiger charge is 2.44. The van der Waals surface area contributed by atoms with Crippen LogP contribution in [0.15, 0.2) is 36.4 Å². The number of amides is 5. The highest BCUT2D eigenvalue weighted by molar-refractivity contribution is 6.24. The van der Waals surface area contributed by atoms with E-state index in [1.54, 1.807) is 12.1 Å². The Balaban J connectivity index is 1.56. The normalized spacial score (nSPS) is 18.3. The average molecular weight is 406 g/mol. The lowest BCUT2D eigenvalue weighted by Crippen LogP contribution is -2.54. The van der Waals surface area contributed by atoms with Crippen molar-refractivity contribution >= 4 is 35.2 Å². The van der Waals surface area contributed by atoms with E-state index in [0.717, 1.165) is 10.6 Å². The molecule has 0 aliphatic carbocycles. The van der Waals surface area contributed by atoms with E-state index >= 15 is 0 Å². The number of aromatic nitrogens is 1. The van der Waals surface area contributed by atoms with Crippen molar-refractivity contribution in [1.82, 2.24) is 15.2 Å². The van der Waals surface area contributed by atoms with Gasteiger partial charge in [-0.3, -0.25) is 34.2 Å². The summed E-state index contributed by atoms with van der Waals surface area (Å²) in [7, 11) is 0. The van der Waals surface area contributed by atoms with Crippen molar-refractivity contribution in [2.45, 2.75) is 32.2 Å². The first-order valence-corrected chi connectivity index (χ1v) is 9.52. The van der Waals surface area contributed by atoms with Crippen LogP contribution in [0.4, 0.5) is 5.69 Å². The second-order valence-corrected chi connectivity index (χ2v) is 7.03. The molecule has 1 aromatic carbocycles. The Morgan fingerprint density at radius 3 is 2.63 bits per heavy atom. The van der Waals surface area contributed by atoms with Gasteiger partial charge in [-0.2, -0.15) is 0 Å². The number of fused-ring (bicyclic) bond motifs is 1. The van der Waals surface area contributed by atoms with Crippen LogP contribution in [0.1, 0.15) is 56.7 Å². The molecule has 1 aromatic heterocycles. The van der Waals surface area contributed by atoms with Crippen LogP contribution in [0.25, 0.3) is 0 Å². The Morgan fingerprint density at radius 1 is 1.13 bits per heavy atom. The summed E-state index contributed by atoms with van der Waals surface area (Å²) < 4.78 is 0. The van der Waals surface area contributed by atoms with Crippen LogP contribution in [0, 0.1) is 0 Å². The fraction of sp³-hybridized carbons (Fsp3) is 0.238. The number of hydrogen-bond acceptors (Lipinski definition) is 6. The third-order valence-corrected chi connectivity index (χ3v) is 5.10. The van der Waals surface area contributed by atoms with Crippen LogP contribution in [0.5, 0.6) is 0 Å². The minimum atomic E-state index is -1.03. The van der Waals surface area contributed by atoms with Crippen LogP contribution < -0.4 is 10.6 Å².